The van der Waals surface area contributed by atoms with Crippen molar-refractivity contribution in [3.05, 3.63) is 29.3 Å². The topological polar surface area (TPSA) is 49.4 Å². The third-order valence-corrected chi connectivity index (χ3v) is 4.59. The van der Waals surface area contributed by atoms with Gasteiger partial charge in [0.25, 0.3) is 0 Å². The average molecular weight is 293 g/mol. The molecule has 0 aromatic heterocycles. The Morgan fingerprint density at radius 2 is 1.70 bits per heavy atom. The second-order valence-corrected chi connectivity index (χ2v) is 6.05. The van der Waals surface area contributed by atoms with Crippen molar-refractivity contribution in [2.75, 3.05) is 11.4 Å². The average Bonchev–Trinajstić information content (AvgIpc) is 2.47. The van der Waals surface area contributed by atoms with Gasteiger partial charge in [0.05, 0.1) is 11.1 Å². The minimum Gasteiger partial charge on any atom is -0.336 e. The lowest BCUT2D eigenvalue weighted by Crippen LogP contribution is -2.61. The van der Waals surface area contributed by atoms with E-state index in [9.17, 15) is 9.59 Å². The van der Waals surface area contributed by atoms with Gasteiger partial charge in [-0.15, -0.1) is 0 Å². The molecule has 1 aliphatic heterocycles. The highest BCUT2D eigenvalue weighted by atomic mass is 35.5. The van der Waals surface area contributed by atoms with Crippen molar-refractivity contribution in [2.45, 2.75) is 32.1 Å². The fourth-order valence-electron chi connectivity index (χ4n) is 3.17. The number of carbonyl (C=O) groups excluding carboxylic acids is 2. The molecule has 4 nitrogen and oxygen atoms in total. The minimum absolute atomic E-state index is 0.0664. The monoisotopic (exact) mass is 292 g/mol. The van der Waals surface area contributed by atoms with E-state index in [1.165, 1.54) is 11.3 Å². The van der Waals surface area contributed by atoms with Gasteiger partial charge in [-0.05, 0) is 37.1 Å². The van der Waals surface area contributed by atoms with Gasteiger partial charge in [-0.1, -0.05) is 30.9 Å². The Morgan fingerprint density at radius 3 is 2.35 bits per heavy atom. The molecule has 0 bridgehead atoms. The summed E-state index contributed by atoms with van der Waals surface area (Å²) in [6.45, 7) is 0.467. The van der Waals surface area contributed by atoms with Crippen molar-refractivity contribution in [1.29, 1.82) is 0 Å². The highest BCUT2D eigenvalue weighted by Crippen LogP contribution is 2.40. The van der Waals surface area contributed by atoms with E-state index in [4.69, 9.17) is 11.6 Å². The molecule has 20 heavy (non-hydrogen) atoms. The van der Waals surface area contributed by atoms with Crippen LogP contribution in [0.4, 0.5) is 10.5 Å². The lowest BCUT2D eigenvalue weighted by molar-refractivity contribution is -0.130. The van der Waals surface area contributed by atoms with Crippen LogP contribution in [0.5, 0.6) is 0 Å². The van der Waals surface area contributed by atoms with Crippen LogP contribution < -0.4 is 10.2 Å². The molecule has 0 unspecified atom stereocenters. The fraction of sp³-hybridized carbons (Fsp3) is 0.467. The first kappa shape index (κ1) is 13.4. The van der Waals surface area contributed by atoms with Gasteiger partial charge in [0, 0.05) is 11.6 Å². The van der Waals surface area contributed by atoms with E-state index in [-0.39, 0.29) is 11.9 Å². The third-order valence-electron chi connectivity index (χ3n) is 4.33. The van der Waals surface area contributed by atoms with Crippen molar-refractivity contribution in [3.63, 3.8) is 0 Å². The number of nitrogens with one attached hydrogen (secondary N) is 1. The molecule has 1 N–H and O–H groups in total. The van der Waals surface area contributed by atoms with Gasteiger partial charge in [0.15, 0.2) is 0 Å². The molecule has 1 aromatic carbocycles. The number of benzene rings is 1. The SMILES string of the molecule is O=C1NCC2(CCCCC2)C(=O)N1c1ccc(Cl)cc1. The van der Waals surface area contributed by atoms with Crippen LogP contribution in [0.15, 0.2) is 24.3 Å². The van der Waals surface area contributed by atoms with Crippen LogP contribution in [0.3, 0.4) is 0 Å². The Labute approximate surface area is 123 Å². The second kappa shape index (κ2) is 5.09. The molecule has 1 saturated heterocycles. The summed E-state index contributed by atoms with van der Waals surface area (Å²) in [4.78, 5) is 26.2. The molecule has 1 aromatic rings. The summed E-state index contributed by atoms with van der Waals surface area (Å²) in [5, 5.41) is 3.46. The maximum absolute atomic E-state index is 12.8. The number of halogens is 1. The molecule has 0 radical (unpaired) electrons. The number of hydrogen-bond donors (Lipinski definition) is 1. The van der Waals surface area contributed by atoms with Crippen LogP contribution in [-0.2, 0) is 4.79 Å². The van der Waals surface area contributed by atoms with Crippen LogP contribution in [0, 0.1) is 5.41 Å². The van der Waals surface area contributed by atoms with Crippen LogP contribution >= 0.6 is 11.6 Å². The number of carbonyl (C=O) groups is 2. The van der Waals surface area contributed by atoms with Crippen molar-refractivity contribution in [1.82, 2.24) is 5.32 Å². The van der Waals surface area contributed by atoms with E-state index in [1.54, 1.807) is 24.3 Å². The van der Waals surface area contributed by atoms with E-state index in [1.807, 2.05) is 0 Å². The standard InChI is InChI=1S/C15H17ClN2O2/c16-11-4-6-12(7-5-11)18-13(19)15(10-17-14(18)20)8-2-1-3-9-15/h4-7H,1-3,8-10H2,(H,17,20). The lowest BCUT2D eigenvalue weighted by atomic mass is 9.72. The number of imide groups is 1. The van der Waals surface area contributed by atoms with Gasteiger partial charge in [0.2, 0.25) is 5.91 Å². The molecular formula is C15H17ClN2O2. The Morgan fingerprint density at radius 1 is 1.05 bits per heavy atom. The number of anilines is 1. The first-order chi connectivity index (χ1) is 9.62. The lowest BCUT2D eigenvalue weighted by Gasteiger charge is -2.43. The molecule has 1 spiro atoms. The summed E-state index contributed by atoms with van der Waals surface area (Å²) >= 11 is 5.86. The summed E-state index contributed by atoms with van der Waals surface area (Å²) in [6, 6.07) is 6.47. The number of urea groups is 1. The normalized spacial score (nSPS) is 21.9. The molecule has 1 heterocycles. The van der Waals surface area contributed by atoms with Crippen molar-refractivity contribution >= 4 is 29.2 Å². The summed E-state index contributed by atoms with van der Waals surface area (Å²) in [5.74, 6) is -0.0664. The highest BCUT2D eigenvalue weighted by molar-refractivity contribution is 6.30. The van der Waals surface area contributed by atoms with E-state index >= 15 is 0 Å². The van der Waals surface area contributed by atoms with Gasteiger partial charge in [-0.2, -0.15) is 0 Å². The predicted molar refractivity (Wildman–Crippen MR) is 77.9 cm³/mol. The zero-order chi connectivity index (χ0) is 14.2. The Kier molecular flexibility index (Phi) is 3.42. The number of rotatable bonds is 1. The maximum Gasteiger partial charge on any atom is 0.328 e. The number of amides is 3. The molecule has 1 saturated carbocycles. The van der Waals surface area contributed by atoms with Gasteiger partial charge in [0.1, 0.15) is 0 Å². The van der Waals surface area contributed by atoms with Gasteiger partial charge in [-0.3, -0.25) is 4.79 Å². The number of nitrogens with zero attached hydrogens (tertiary/aromatic N) is 1. The van der Waals surface area contributed by atoms with Crippen molar-refractivity contribution < 1.29 is 9.59 Å². The largest absolute Gasteiger partial charge is 0.336 e. The Bertz CT molecular complexity index is 535. The van der Waals surface area contributed by atoms with Gasteiger partial charge >= 0.3 is 6.03 Å². The quantitative estimate of drug-likeness (QED) is 0.863. The van der Waals surface area contributed by atoms with Crippen LogP contribution in [-0.4, -0.2) is 18.5 Å². The van der Waals surface area contributed by atoms with E-state index in [0.717, 1.165) is 25.7 Å². The molecule has 3 amide bonds. The zero-order valence-corrected chi connectivity index (χ0v) is 11.9. The van der Waals surface area contributed by atoms with Crippen molar-refractivity contribution in [2.24, 2.45) is 5.41 Å². The smallest absolute Gasteiger partial charge is 0.328 e. The zero-order valence-electron chi connectivity index (χ0n) is 11.2. The fourth-order valence-corrected chi connectivity index (χ4v) is 3.30. The van der Waals surface area contributed by atoms with Crippen molar-refractivity contribution in [3.8, 4) is 0 Å². The molecule has 1 aliphatic carbocycles. The Hall–Kier alpha value is -1.55. The maximum atomic E-state index is 12.8. The number of hydrogen-bond acceptors (Lipinski definition) is 2. The third kappa shape index (κ3) is 2.18. The van der Waals surface area contributed by atoms with Crippen LogP contribution in [0.2, 0.25) is 5.02 Å². The Balaban J connectivity index is 1.93. The summed E-state index contributed by atoms with van der Waals surface area (Å²) in [5.41, 5.74) is 0.174. The highest BCUT2D eigenvalue weighted by Gasteiger charge is 2.47. The van der Waals surface area contributed by atoms with Crippen LogP contribution in [0.25, 0.3) is 0 Å². The van der Waals surface area contributed by atoms with Crippen LogP contribution in [0.1, 0.15) is 32.1 Å². The predicted octanol–water partition coefficient (Wildman–Crippen LogP) is 3.35. The summed E-state index contributed by atoms with van der Waals surface area (Å²) < 4.78 is 0. The second-order valence-electron chi connectivity index (χ2n) is 5.62. The molecule has 106 valence electrons. The molecule has 3 rings (SSSR count). The van der Waals surface area contributed by atoms with Gasteiger partial charge < -0.3 is 5.32 Å². The van der Waals surface area contributed by atoms with Gasteiger partial charge in [-0.25, -0.2) is 9.69 Å². The van der Waals surface area contributed by atoms with E-state index < -0.39 is 5.41 Å². The molecule has 2 aliphatic rings. The van der Waals surface area contributed by atoms with E-state index in [0.29, 0.717) is 17.3 Å². The first-order valence-corrected chi connectivity index (χ1v) is 7.38. The summed E-state index contributed by atoms with van der Waals surface area (Å²) in [7, 11) is 0. The summed E-state index contributed by atoms with van der Waals surface area (Å²) in [6.07, 6.45) is 4.99. The molecule has 5 heteroatoms. The minimum atomic E-state index is -0.411. The molecule has 0 atom stereocenters. The van der Waals surface area contributed by atoms with E-state index in [2.05, 4.69) is 5.32 Å². The first-order valence-electron chi connectivity index (χ1n) is 7.00. The molecular weight excluding hydrogens is 276 g/mol. The molecule has 2 fully saturated rings.